The van der Waals surface area contributed by atoms with Gasteiger partial charge in [-0.2, -0.15) is 11.8 Å². The van der Waals surface area contributed by atoms with E-state index in [0.717, 1.165) is 42.6 Å². The zero-order valence-corrected chi connectivity index (χ0v) is 45.7. The van der Waals surface area contributed by atoms with Gasteiger partial charge < -0.3 is 41.9 Å². The van der Waals surface area contributed by atoms with Gasteiger partial charge in [0.1, 0.15) is 41.0 Å². The first-order chi connectivity index (χ1) is 35.7. The van der Waals surface area contributed by atoms with Crippen molar-refractivity contribution in [3.8, 4) is 15.4 Å². The predicted octanol–water partition coefficient (Wildman–Crippen LogP) is 4.16. The Morgan fingerprint density at radius 1 is 0.867 bits per heavy atom. The molecule has 23 heteroatoms. The second kappa shape index (κ2) is 23.2. The fraction of sp³-hybridized carbons (Fsp3) is 0.423. The third kappa shape index (κ3) is 12.5. The van der Waals surface area contributed by atoms with Crippen LogP contribution in [0.5, 0.6) is 0 Å². The van der Waals surface area contributed by atoms with Gasteiger partial charge >= 0.3 is 0 Å². The van der Waals surface area contributed by atoms with E-state index in [1.54, 1.807) is 67.7 Å². The van der Waals surface area contributed by atoms with E-state index in [0.29, 0.717) is 27.9 Å². The molecule has 2 saturated heterocycles. The Bertz CT molecular complexity index is 3040. The molecule has 0 radical (unpaired) electrons. The van der Waals surface area contributed by atoms with Gasteiger partial charge in [0, 0.05) is 57.7 Å². The van der Waals surface area contributed by atoms with Crippen LogP contribution in [0.15, 0.2) is 65.0 Å². The standard InChI is InChI=1S/C52H60ClN11O8S3/c1-26-16-18-74-44(26)32-10-8-31(9-11-32)43-49(71)56-23-39(67)57-36(47(69)54-17-19-73-25-40(68)59-45(52(5,6)7)50(72)63-24-34(65)20-37(63)48(70)60-43)22-55-38(66)21-35-46-62-61-29(4)64(46)51-41(27(2)28(3)75-51)42(58-35)30-12-14-33(53)15-13-30/h8-16,18,34-37,43,45,65H,17,19-25H2,1-7H3,(H,54,69)(H,55,66)(H,56,71)(H,57,67)(H,59,68)(H,60,70)/t34-,35+,36-,37+,43+,45-/m1/s1. The molecule has 6 heterocycles. The summed E-state index contributed by atoms with van der Waals surface area (Å²) in [5.74, 6) is -3.28. The molecule has 8 rings (SSSR count). The van der Waals surface area contributed by atoms with Crippen molar-refractivity contribution in [2.75, 3.05) is 37.7 Å². The molecule has 3 aliphatic heterocycles. The third-order valence-corrected chi connectivity index (χ3v) is 16.8. The van der Waals surface area contributed by atoms with E-state index in [9.17, 15) is 38.7 Å². The van der Waals surface area contributed by atoms with Crippen molar-refractivity contribution in [1.82, 2.24) is 51.6 Å². The number of fused-ring (bicyclic) bond motifs is 4. The third-order valence-electron chi connectivity index (χ3n) is 13.3. The Morgan fingerprint density at radius 2 is 1.59 bits per heavy atom. The molecule has 7 amide bonds. The molecule has 0 aliphatic carbocycles. The fourth-order valence-corrected chi connectivity index (χ4v) is 12.1. The van der Waals surface area contributed by atoms with Crippen molar-refractivity contribution in [2.24, 2.45) is 10.4 Å². The smallest absolute Gasteiger partial charge is 0.247 e. The minimum absolute atomic E-state index is 0.0609. The number of halogens is 1. The number of nitrogens with zero attached hydrogens (tertiary/aromatic N) is 5. The number of hydrogen-bond donors (Lipinski definition) is 7. The number of aliphatic hydroxyl groups excluding tert-OH is 1. The van der Waals surface area contributed by atoms with Crippen LogP contribution in [0.1, 0.15) is 90.0 Å². The highest BCUT2D eigenvalue weighted by molar-refractivity contribution is 7.99. The molecule has 2 aromatic carbocycles. The van der Waals surface area contributed by atoms with Gasteiger partial charge in [0.2, 0.25) is 41.4 Å². The molecule has 2 fully saturated rings. The quantitative estimate of drug-likeness (QED) is 0.122. The monoisotopic (exact) mass is 1100 g/mol. The number of aliphatic hydroxyl groups is 1. The molecule has 7 N–H and O–H groups in total. The number of aromatic nitrogens is 3. The normalized spacial score (nSPS) is 22.5. The van der Waals surface area contributed by atoms with E-state index in [1.807, 2.05) is 68.0 Å². The summed E-state index contributed by atoms with van der Waals surface area (Å²) in [7, 11) is 0. The van der Waals surface area contributed by atoms with Gasteiger partial charge in [0.25, 0.3) is 0 Å². The van der Waals surface area contributed by atoms with Crippen molar-refractivity contribution in [3.05, 3.63) is 109 Å². The second-order valence-corrected chi connectivity index (χ2v) is 23.5. The molecular formula is C52H60ClN11O8S3. The molecule has 75 heavy (non-hydrogen) atoms. The molecule has 396 valence electrons. The summed E-state index contributed by atoms with van der Waals surface area (Å²) in [6, 6.07) is 10.4. The van der Waals surface area contributed by atoms with Crippen LogP contribution < -0.4 is 31.9 Å². The van der Waals surface area contributed by atoms with Crippen molar-refractivity contribution in [1.29, 1.82) is 0 Å². The minimum atomic E-state index is -1.39. The molecule has 19 nitrogen and oxygen atoms in total. The fourth-order valence-electron chi connectivity index (χ4n) is 9.21. The lowest BCUT2D eigenvalue weighted by molar-refractivity contribution is -0.144. The maximum atomic E-state index is 14.3. The molecule has 3 aliphatic rings. The van der Waals surface area contributed by atoms with Crippen LogP contribution >= 0.6 is 46.0 Å². The number of amides is 7. The molecule has 0 saturated carbocycles. The van der Waals surface area contributed by atoms with Crippen LogP contribution in [0.25, 0.3) is 15.4 Å². The number of aliphatic imine (C=N–C) groups is 1. The lowest BCUT2D eigenvalue weighted by Crippen LogP contribution is -2.58. The van der Waals surface area contributed by atoms with Crippen LogP contribution in [0.2, 0.25) is 5.02 Å². The zero-order chi connectivity index (χ0) is 53.9. The maximum Gasteiger partial charge on any atom is 0.247 e. The lowest BCUT2D eigenvalue weighted by atomic mass is 9.85. The Labute approximate surface area is 451 Å². The molecular weight excluding hydrogens is 1040 g/mol. The highest BCUT2D eigenvalue weighted by Crippen LogP contribution is 2.40. The van der Waals surface area contributed by atoms with E-state index in [4.69, 9.17) is 16.6 Å². The van der Waals surface area contributed by atoms with Crippen molar-refractivity contribution in [3.63, 3.8) is 0 Å². The topological polar surface area (TPSA) is 258 Å². The molecule has 6 atom stereocenters. The van der Waals surface area contributed by atoms with Crippen molar-refractivity contribution in [2.45, 2.75) is 97.6 Å². The summed E-state index contributed by atoms with van der Waals surface area (Å²) in [6.07, 6.45) is -1.40. The number of carbonyl (C=O) groups excluding carboxylic acids is 7. The first kappa shape index (κ1) is 54.8. The number of rotatable bonds is 7. The first-order valence-corrected chi connectivity index (χ1v) is 27.7. The Hall–Kier alpha value is -6.46. The van der Waals surface area contributed by atoms with Crippen LogP contribution in [-0.2, 0) is 33.6 Å². The Kier molecular flexibility index (Phi) is 16.9. The van der Waals surface area contributed by atoms with E-state index in [-0.39, 0.29) is 44.0 Å². The van der Waals surface area contributed by atoms with Crippen LogP contribution in [-0.4, -0.2) is 134 Å². The van der Waals surface area contributed by atoms with Gasteiger partial charge in [0.05, 0.1) is 30.5 Å². The predicted molar refractivity (Wildman–Crippen MR) is 289 cm³/mol. The van der Waals surface area contributed by atoms with Gasteiger partial charge in [-0.25, -0.2) is 0 Å². The van der Waals surface area contributed by atoms with E-state index in [1.165, 1.54) is 16.7 Å². The first-order valence-electron chi connectivity index (χ1n) is 24.5. The number of hydrogen-bond acceptors (Lipinski definition) is 14. The number of aryl methyl sites for hydroxylation is 3. The van der Waals surface area contributed by atoms with E-state index in [2.05, 4.69) is 42.1 Å². The molecule has 0 spiro atoms. The maximum absolute atomic E-state index is 14.3. The number of thioether (sulfide) groups is 1. The summed E-state index contributed by atoms with van der Waals surface area (Å²) in [6.45, 7) is 12.1. The van der Waals surface area contributed by atoms with Crippen molar-refractivity contribution < 1.29 is 38.7 Å². The summed E-state index contributed by atoms with van der Waals surface area (Å²) < 4.78 is 1.91. The number of nitrogens with one attached hydrogen (secondary N) is 6. The van der Waals surface area contributed by atoms with Gasteiger partial charge in [0.15, 0.2) is 5.82 Å². The van der Waals surface area contributed by atoms with Gasteiger partial charge in [-0.3, -0.25) is 43.1 Å². The highest BCUT2D eigenvalue weighted by atomic mass is 35.5. The van der Waals surface area contributed by atoms with Gasteiger partial charge in [-0.15, -0.1) is 32.9 Å². The van der Waals surface area contributed by atoms with Gasteiger partial charge in [-0.05, 0) is 78.9 Å². The summed E-state index contributed by atoms with van der Waals surface area (Å²) in [5.41, 5.74) is 4.82. The largest absolute Gasteiger partial charge is 0.391 e. The van der Waals surface area contributed by atoms with Crippen molar-refractivity contribution >= 4 is 93.1 Å². The molecule has 5 aromatic rings. The highest BCUT2D eigenvalue weighted by Gasteiger charge is 2.45. The lowest BCUT2D eigenvalue weighted by Gasteiger charge is -2.35. The van der Waals surface area contributed by atoms with Gasteiger partial charge in [-0.1, -0.05) is 68.8 Å². The van der Waals surface area contributed by atoms with Crippen LogP contribution in [0.3, 0.4) is 0 Å². The second-order valence-electron chi connectivity index (χ2n) is 19.9. The number of benzene rings is 2. The van der Waals surface area contributed by atoms with E-state index >= 15 is 0 Å². The molecule has 3 aromatic heterocycles. The van der Waals surface area contributed by atoms with E-state index < -0.39 is 89.6 Å². The Morgan fingerprint density at radius 3 is 2.28 bits per heavy atom. The summed E-state index contributed by atoms with van der Waals surface area (Å²) in [5, 5.41) is 39.5. The average molecular weight is 1100 g/mol. The zero-order valence-electron chi connectivity index (χ0n) is 42.5. The SMILES string of the molecule is Cc1ccsc1-c1ccc([C@@H]2NC(=O)[C@@H]3C[C@@H](O)CN3C(=O)[C@H](C(C)(C)C)NC(=O)CSCCNC(=O)[C@@H](CNC(=O)C[C@@H]3N=C(c4ccc(Cl)cc4)c4c(sc(C)c4C)-n4c(C)nnc43)NC(=O)CNC2=O)cc1. The van der Waals surface area contributed by atoms with Crippen LogP contribution in [0, 0.1) is 33.1 Å². The summed E-state index contributed by atoms with van der Waals surface area (Å²) in [4.78, 5) is 107. The molecule has 0 bridgehead atoms. The van der Waals surface area contributed by atoms with Crippen LogP contribution in [0.4, 0.5) is 0 Å². The molecule has 0 unspecified atom stereocenters. The Balaban J connectivity index is 1.04. The number of thiophene rings is 2. The minimum Gasteiger partial charge on any atom is -0.391 e. The summed E-state index contributed by atoms with van der Waals surface area (Å²) >= 11 is 10.6. The average Bonchev–Trinajstić information content (AvgIpc) is 4.14. The number of carbonyl (C=O) groups is 7.